The van der Waals surface area contributed by atoms with E-state index < -0.39 is 17.6 Å². The Balaban J connectivity index is 3.30. The topological polar surface area (TPSA) is 37.3 Å². The van der Waals surface area contributed by atoms with Crippen molar-refractivity contribution in [2.45, 2.75) is 13.3 Å². The number of hydrogen-bond acceptors (Lipinski definition) is 1. The fraction of sp³-hybridized carbons (Fsp3) is 0.182. The van der Waals surface area contributed by atoms with Gasteiger partial charge in [-0.15, -0.1) is 0 Å². The smallest absolute Gasteiger partial charge is 0.328 e. The molecule has 0 spiro atoms. The van der Waals surface area contributed by atoms with Crippen LogP contribution in [-0.4, -0.2) is 11.1 Å². The van der Waals surface area contributed by atoms with Gasteiger partial charge in [0, 0.05) is 11.6 Å². The summed E-state index contributed by atoms with van der Waals surface area (Å²) in [6.07, 6.45) is 1.08. The van der Waals surface area contributed by atoms with Crippen LogP contribution in [0.1, 0.15) is 18.9 Å². The second kappa shape index (κ2) is 4.68. The first-order chi connectivity index (χ1) is 7.06. The number of carboxylic acid groups (broad SMARTS) is 1. The Hall–Kier alpha value is -1.71. The number of hydrogen-bond donors (Lipinski definition) is 1. The Labute approximate surface area is 85.9 Å². The second-order valence-corrected chi connectivity index (χ2v) is 2.96. The maximum Gasteiger partial charge on any atom is 0.328 e. The van der Waals surface area contributed by atoms with Crippen molar-refractivity contribution in [2.75, 3.05) is 0 Å². The van der Waals surface area contributed by atoms with Gasteiger partial charge in [-0.3, -0.25) is 0 Å². The summed E-state index contributed by atoms with van der Waals surface area (Å²) in [5, 5.41) is 8.54. The standard InChI is InChI=1S/C11H10F2O2/c1-2-7(6-10(14)15)11-8(12)4-3-5-9(11)13/h3-6H,2H2,1H3,(H,14,15)/b7-6+. The van der Waals surface area contributed by atoms with Crippen LogP contribution in [0.5, 0.6) is 0 Å². The van der Waals surface area contributed by atoms with E-state index in [0.29, 0.717) is 0 Å². The molecule has 0 aromatic heterocycles. The molecule has 0 saturated carbocycles. The van der Waals surface area contributed by atoms with Gasteiger partial charge in [0.25, 0.3) is 0 Å². The molecule has 0 unspecified atom stereocenters. The SMILES string of the molecule is CC/C(=C\C(=O)O)c1c(F)cccc1F. The quantitative estimate of drug-likeness (QED) is 0.782. The molecule has 0 heterocycles. The summed E-state index contributed by atoms with van der Waals surface area (Å²) in [7, 11) is 0. The van der Waals surface area contributed by atoms with Crippen molar-refractivity contribution in [2.24, 2.45) is 0 Å². The van der Waals surface area contributed by atoms with Gasteiger partial charge in [-0.25, -0.2) is 13.6 Å². The molecular weight excluding hydrogens is 202 g/mol. The minimum Gasteiger partial charge on any atom is -0.478 e. The van der Waals surface area contributed by atoms with Gasteiger partial charge in [0.05, 0.1) is 0 Å². The number of halogens is 2. The fourth-order valence-electron chi connectivity index (χ4n) is 1.30. The maximum absolute atomic E-state index is 13.3. The zero-order valence-corrected chi connectivity index (χ0v) is 8.13. The van der Waals surface area contributed by atoms with E-state index in [9.17, 15) is 13.6 Å². The number of carboxylic acids is 1. The van der Waals surface area contributed by atoms with Crippen LogP contribution in [0.25, 0.3) is 5.57 Å². The molecule has 0 aliphatic heterocycles. The number of carbonyl (C=O) groups is 1. The van der Waals surface area contributed by atoms with Crippen LogP contribution in [0.4, 0.5) is 8.78 Å². The molecule has 0 saturated heterocycles. The minimum atomic E-state index is -1.21. The monoisotopic (exact) mass is 212 g/mol. The largest absolute Gasteiger partial charge is 0.478 e. The van der Waals surface area contributed by atoms with E-state index in [-0.39, 0.29) is 17.6 Å². The van der Waals surface area contributed by atoms with Crippen LogP contribution < -0.4 is 0 Å². The molecule has 1 aromatic rings. The van der Waals surface area contributed by atoms with Crippen LogP contribution in [0.15, 0.2) is 24.3 Å². The summed E-state index contributed by atoms with van der Waals surface area (Å²) >= 11 is 0. The molecule has 0 bridgehead atoms. The van der Waals surface area contributed by atoms with Crippen molar-refractivity contribution in [3.8, 4) is 0 Å². The van der Waals surface area contributed by atoms with Crippen molar-refractivity contribution in [1.29, 1.82) is 0 Å². The third-order valence-corrected chi connectivity index (χ3v) is 1.96. The summed E-state index contributed by atoms with van der Waals surface area (Å²) in [4.78, 5) is 10.4. The van der Waals surface area contributed by atoms with Gasteiger partial charge in [-0.05, 0) is 24.1 Å². The third kappa shape index (κ3) is 2.62. The molecule has 1 aromatic carbocycles. The number of rotatable bonds is 3. The average Bonchev–Trinajstić information content (AvgIpc) is 2.15. The number of benzene rings is 1. The summed E-state index contributed by atoms with van der Waals surface area (Å²) in [5.41, 5.74) is -0.125. The summed E-state index contributed by atoms with van der Waals surface area (Å²) in [5.74, 6) is -2.71. The molecule has 0 amide bonds. The lowest BCUT2D eigenvalue weighted by molar-refractivity contribution is -0.131. The average molecular weight is 212 g/mol. The highest BCUT2D eigenvalue weighted by atomic mass is 19.1. The molecule has 80 valence electrons. The van der Waals surface area contributed by atoms with Crippen molar-refractivity contribution in [3.63, 3.8) is 0 Å². The Kier molecular flexibility index (Phi) is 3.55. The first-order valence-corrected chi connectivity index (χ1v) is 4.44. The zero-order valence-electron chi connectivity index (χ0n) is 8.13. The van der Waals surface area contributed by atoms with Crippen LogP contribution in [0.2, 0.25) is 0 Å². The predicted molar refractivity (Wildman–Crippen MR) is 52.3 cm³/mol. The number of aliphatic carboxylic acids is 1. The Morgan fingerprint density at radius 2 is 1.93 bits per heavy atom. The first kappa shape index (κ1) is 11.4. The summed E-state index contributed by atoms with van der Waals surface area (Å²) in [6.45, 7) is 1.64. The molecular formula is C11H10F2O2. The van der Waals surface area contributed by atoms with E-state index in [2.05, 4.69) is 0 Å². The Bertz CT molecular complexity index is 391. The molecule has 15 heavy (non-hydrogen) atoms. The van der Waals surface area contributed by atoms with Crippen LogP contribution in [0.3, 0.4) is 0 Å². The van der Waals surface area contributed by atoms with E-state index in [1.165, 1.54) is 6.07 Å². The normalized spacial score (nSPS) is 11.5. The van der Waals surface area contributed by atoms with Crippen LogP contribution >= 0.6 is 0 Å². The molecule has 1 rings (SSSR count). The van der Waals surface area contributed by atoms with Crippen molar-refractivity contribution in [3.05, 3.63) is 41.5 Å². The maximum atomic E-state index is 13.3. The summed E-state index contributed by atoms with van der Waals surface area (Å²) in [6, 6.07) is 3.44. The lowest BCUT2D eigenvalue weighted by Gasteiger charge is -2.06. The molecule has 1 N–H and O–H groups in total. The highest BCUT2D eigenvalue weighted by Gasteiger charge is 2.12. The molecule has 0 atom stereocenters. The Morgan fingerprint density at radius 3 is 2.33 bits per heavy atom. The van der Waals surface area contributed by atoms with E-state index in [4.69, 9.17) is 5.11 Å². The van der Waals surface area contributed by atoms with Crippen LogP contribution in [0, 0.1) is 11.6 Å². The molecule has 0 aliphatic rings. The second-order valence-electron chi connectivity index (χ2n) is 2.96. The minimum absolute atomic E-state index is 0.137. The van der Waals surface area contributed by atoms with Gasteiger partial charge in [0.15, 0.2) is 0 Å². The summed E-state index contributed by atoms with van der Waals surface area (Å²) < 4.78 is 26.5. The van der Waals surface area contributed by atoms with E-state index in [1.54, 1.807) is 6.92 Å². The van der Waals surface area contributed by atoms with E-state index in [1.807, 2.05) is 0 Å². The molecule has 2 nitrogen and oxygen atoms in total. The molecule has 0 aliphatic carbocycles. The highest BCUT2D eigenvalue weighted by Crippen LogP contribution is 2.23. The molecule has 4 heteroatoms. The third-order valence-electron chi connectivity index (χ3n) is 1.96. The molecule has 0 fully saturated rings. The van der Waals surface area contributed by atoms with Crippen molar-refractivity contribution >= 4 is 11.5 Å². The lowest BCUT2D eigenvalue weighted by atomic mass is 10.0. The van der Waals surface area contributed by atoms with Crippen LogP contribution in [-0.2, 0) is 4.79 Å². The van der Waals surface area contributed by atoms with Gasteiger partial charge in [-0.2, -0.15) is 0 Å². The van der Waals surface area contributed by atoms with Gasteiger partial charge in [0.1, 0.15) is 11.6 Å². The van der Waals surface area contributed by atoms with Gasteiger partial charge >= 0.3 is 5.97 Å². The fourth-order valence-corrected chi connectivity index (χ4v) is 1.30. The van der Waals surface area contributed by atoms with Crippen molar-refractivity contribution < 1.29 is 18.7 Å². The van der Waals surface area contributed by atoms with Gasteiger partial charge in [-0.1, -0.05) is 13.0 Å². The predicted octanol–water partition coefficient (Wildman–Crippen LogP) is 2.84. The highest BCUT2D eigenvalue weighted by molar-refractivity contribution is 5.90. The van der Waals surface area contributed by atoms with E-state index in [0.717, 1.165) is 18.2 Å². The van der Waals surface area contributed by atoms with E-state index >= 15 is 0 Å². The van der Waals surface area contributed by atoms with Crippen molar-refractivity contribution in [1.82, 2.24) is 0 Å². The zero-order chi connectivity index (χ0) is 11.4. The van der Waals surface area contributed by atoms with Gasteiger partial charge < -0.3 is 5.11 Å². The van der Waals surface area contributed by atoms with Gasteiger partial charge in [0.2, 0.25) is 0 Å². The molecule has 0 radical (unpaired) electrons. The first-order valence-electron chi connectivity index (χ1n) is 4.44. The lowest BCUT2D eigenvalue weighted by Crippen LogP contribution is -1.97. The Morgan fingerprint density at radius 1 is 1.40 bits per heavy atom. The number of allylic oxidation sites excluding steroid dienone is 1.